The lowest BCUT2D eigenvalue weighted by atomic mass is 10.2. The van der Waals surface area contributed by atoms with Crippen LogP contribution in [0.2, 0.25) is 0 Å². The van der Waals surface area contributed by atoms with E-state index in [-0.39, 0.29) is 17.2 Å². The molecule has 0 fully saturated rings. The van der Waals surface area contributed by atoms with Gasteiger partial charge in [0.25, 0.3) is 0 Å². The Hall–Kier alpha value is -2.22. The van der Waals surface area contributed by atoms with E-state index in [2.05, 4.69) is 4.98 Å². The number of pyridine rings is 1. The number of nitrogens with zero attached hydrogens (tertiary/aromatic N) is 4. The number of hydrogen-bond acceptors (Lipinski definition) is 6. The van der Waals surface area contributed by atoms with E-state index in [4.69, 9.17) is 5.11 Å². The highest BCUT2D eigenvalue weighted by atomic mass is 16.6. The second kappa shape index (κ2) is 7.53. The van der Waals surface area contributed by atoms with Crippen molar-refractivity contribution in [3.8, 4) is 0 Å². The maximum Gasteiger partial charge on any atom is 0.354 e. The summed E-state index contributed by atoms with van der Waals surface area (Å²) >= 11 is 0. The molecule has 0 aliphatic heterocycles. The Balaban J connectivity index is 3.06. The number of carbonyl (C=O) groups is 1. The Kier molecular flexibility index (Phi) is 6.04. The van der Waals surface area contributed by atoms with Gasteiger partial charge in [0.1, 0.15) is 0 Å². The lowest BCUT2D eigenvalue weighted by Crippen LogP contribution is -2.28. The van der Waals surface area contributed by atoms with E-state index in [1.165, 1.54) is 6.07 Å². The van der Waals surface area contributed by atoms with E-state index in [9.17, 15) is 14.9 Å². The number of carboxylic acid groups (broad SMARTS) is 1. The summed E-state index contributed by atoms with van der Waals surface area (Å²) in [5.41, 5.74) is -0.367. The summed E-state index contributed by atoms with van der Waals surface area (Å²) in [4.78, 5) is 29.2. The Morgan fingerprint density at radius 3 is 2.52 bits per heavy atom. The molecular formula is C13H20N4O4. The van der Waals surface area contributed by atoms with Crippen LogP contribution in [0.3, 0.4) is 0 Å². The molecule has 1 aromatic rings. The monoisotopic (exact) mass is 296 g/mol. The van der Waals surface area contributed by atoms with Gasteiger partial charge in [-0.3, -0.25) is 10.1 Å². The van der Waals surface area contributed by atoms with Crippen molar-refractivity contribution in [1.29, 1.82) is 0 Å². The minimum atomic E-state index is -1.20. The van der Waals surface area contributed by atoms with Crippen LogP contribution in [-0.2, 0) is 0 Å². The molecular weight excluding hydrogens is 276 g/mol. The van der Waals surface area contributed by atoms with Crippen molar-refractivity contribution in [2.75, 3.05) is 38.6 Å². The Morgan fingerprint density at radius 2 is 2.05 bits per heavy atom. The lowest BCUT2D eigenvalue weighted by molar-refractivity contribution is -0.384. The molecule has 1 heterocycles. The predicted molar refractivity (Wildman–Crippen MR) is 78.9 cm³/mol. The number of aromatic carboxylic acids is 1. The van der Waals surface area contributed by atoms with E-state index in [0.717, 1.165) is 19.0 Å². The third kappa shape index (κ3) is 4.67. The molecule has 21 heavy (non-hydrogen) atoms. The number of aromatic nitrogens is 1. The maximum atomic E-state index is 11.1. The molecule has 1 rings (SSSR count). The standard InChI is InChI=1S/C13H20N4O4/c1-4-16(9-5-8-15(2)3)12-11(17(20)21)7-6-10(14-12)13(18)19/h6-7H,4-5,8-9H2,1-3H3,(H,18,19). The van der Waals surface area contributed by atoms with Crippen LogP contribution in [0.1, 0.15) is 23.8 Å². The molecule has 8 nitrogen and oxygen atoms in total. The van der Waals surface area contributed by atoms with Crippen LogP contribution >= 0.6 is 0 Å². The third-order valence-corrected chi connectivity index (χ3v) is 2.98. The fourth-order valence-electron chi connectivity index (χ4n) is 1.93. The first kappa shape index (κ1) is 16.8. The van der Waals surface area contributed by atoms with Gasteiger partial charge >= 0.3 is 11.7 Å². The van der Waals surface area contributed by atoms with Crippen LogP contribution in [0.25, 0.3) is 0 Å². The van der Waals surface area contributed by atoms with Crippen LogP contribution in [0, 0.1) is 10.1 Å². The summed E-state index contributed by atoms with van der Waals surface area (Å²) in [6, 6.07) is 2.35. The maximum absolute atomic E-state index is 11.1. The van der Waals surface area contributed by atoms with E-state index in [0.29, 0.717) is 13.1 Å². The smallest absolute Gasteiger partial charge is 0.354 e. The van der Waals surface area contributed by atoms with Crippen molar-refractivity contribution in [2.24, 2.45) is 0 Å². The van der Waals surface area contributed by atoms with Gasteiger partial charge in [-0.1, -0.05) is 0 Å². The molecule has 0 atom stereocenters. The fourth-order valence-corrected chi connectivity index (χ4v) is 1.93. The van der Waals surface area contributed by atoms with Gasteiger partial charge in [0.15, 0.2) is 5.69 Å². The van der Waals surface area contributed by atoms with E-state index in [1.54, 1.807) is 4.90 Å². The summed E-state index contributed by atoms with van der Waals surface area (Å²) in [6.45, 7) is 3.79. The minimum absolute atomic E-state index is 0.112. The fraction of sp³-hybridized carbons (Fsp3) is 0.538. The van der Waals surface area contributed by atoms with Gasteiger partial charge in [-0.2, -0.15) is 0 Å². The molecule has 0 aliphatic carbocycles. The molecule has 0 unspecified atom stereocenters. The molecule has 0 aliphatic rings. The normalized spacial score (nSPS) is 10.7. The van der Waals surface area contributed by atoms with Crippen LogP contribution in [-0.4, -0.2) is 59.6 Å². The van der Waals surface area contributed by atoms with Crippen molar-refractivity contribution in [2.45, 2.75) is 13.3 Å². The van der Waals surface area contributed by atoms with Crippen molar-refractivity contribution in [1.82, 2.24) is 9.88 Å². The van der Waals surface area contributed by atoms with Crippen LogP contribution < -0.4 is 4.90 Å². The summed E-state index contributed by atoms with van der Waals surface area (Å²) in [6.07, 6.45) is 0.803. The predicted octanol–water partition coefficient (Wildman–Crippen LogP) is 1.47. The topological polar surface area (TPSA) is 99.8 Å². The highest BCUT2D eigenvalue weighted by molar-refractivity contribution is 5.86. The van der Waals surface area contributed by atoms with Crippen LogP contribution in [0.15, 0.2) is 12.1 Å². The summed E-state index contributed by atoms with van der Waals surface area (Å²) < 4.78 is 0. The molecule has 1 N–H and O–H groups in total. The lowest BCUT2D eigenvalue weighted by Gasteiger charge is -2.22. The Bertz CT molecular complexity index is 519. The second-order valence-electron chi connectivity index (χ2n) is 4.84. The zero-order valence-electron chi connectivity index (χ0n) is 12.4. The van der Waals surface area contributed by atoms with Crippen molar-refractivity contribution in [3.63, 3.8) is 0 Å². The van der Waals surface area contributed by atoms with Gasteiger partial charge in [-0.15, -0.1) is 0 Å². The molecule has 0 radical (unpaired) electrons. The SMILES string of the molecule is CCN(CCCN(C)C)c1nc(C(=O)O)ccc1[N+](=O)[O-]. The van der Waals surface area contributed by atoms with Gasteiger partial charge in [0, 0.05) is 19.2 Å². The third-order valence-electron chi connectivity index (χ3n) is 2.98. The molecule has 0 spiro atoms. The molecule has 0 bridgehead atoms. The number of rotatable bonds is 8. The first-order chi connectivity index (χ1) is 9.86. The van der Waals surface area contributed by atoms with Gasteiger partial charge in [0.2, 0.25) is 5.82 Å². The molecule has 0 amide bonds. The van der Waals surface area contributed by atoms with E-state index in [1.807, 2.05) is 25.9 Å². The van der Waals surface area contributed by atoms with Crippen molar-refractivity contribution >= 4 is 17.5 Å². The highest BCUT2D eigenvalue weighted by Crippen LogP contribution is 2.26. The van der Waals surface area contributed by atoms with Gasteiger partial charge in [-0.05, 0) is 40.1 Å². The molecule has 116 valence electrons. The first-order valence-corrected chi connectivity index (χ1v) is 6.65. The number of hydrogen-bond donors (Lipinski definition) is 1. The Morgan fingerprint density at radius 1 is 1.38 bits per heavy atom. The van der Waals surface area contributed by atoms with Gasteiger partial charge in [-0.25, -0.2) is 9.78 Å². The van der Waals surface area contributed by atoms with E-state index < -0.39 is 10.9 Å². The average molecular weight is 296 g/mol. The van der Waals surface area contributed by atoms with E-state index >= 15 is 0 Å². The quantitative estimate of drug-likeness (QED) is 0.572. The molecule has 1 aromatic heterocycles. The zero-order chi connectivity index (χ0) is 16.0. The second-order valence-corrected chi connectivity index (χ2v) is 4.84. The van der Waals surface area contributed by atoms with Crippen LogP contribution in [0.5, 0.6) is 0 Å². The molecule has 0 aromatic carbocycles. The Labute approximate surface area is 123 Å². The van der Waals surface area contributed by atoms with Crippen molar-refractivity contribution < 1.29 is 14.8 Å². The highest BCUT2D eigenvalue weighted by Gasteiger charge is 2.22. The average Bonchev–Trinajstić information content (AvgIpc) is 2.42. The number of nitro groups is 1. The largest absolute Gasteiger partial charge is 0.477 e. The van der Waals surface area contributed by atoms with Gasteiger partial charge < -0.3 is 14.9 Å². The van der Waals surface area contributed by atoms with Crippen LogP contribution in [0.4, 0.5) is 11.5 Å². The molecule has 8 heteroatoms. The number of carboxylic acids is 1. The molecule has 0 saturated heterocycles. The molecule has 0 saturated carbocycles. The zero-order valence-corrected chi connectivity index (χ0v) is 12.4. The van der Waals surface area contributed by atoms with Crippen molar-refractivity contribution in [3.05, 3.63) is 27.9 Å². The minimum Gasteiger partial charge on any atom is -0.477 e. The number of anilines is 1. The van der Waals surface area contributed by atoms with Gasteiger partial charge in [0.05, 0.1) is 4.92 Å². The summed E-state index contributed by atoms with van der Waals surface area (Å²) in [5.74, 6) is -1.09. The summed E-state index contributed by atoms with van der Waals surface area (Å²) in [7, 11) is 3.89. The summed E-state index contributed by atoms with van der Waals surface area (Å²) in [5, 5.41) is 20.1. The first-order valence-electron chi connectivity index (χ1n) is 6.65.